The summed E-state index contributed by atoms with van der Waals surface area (Å²) in [6, 6.07) is 2.04. The van der Waals surface area contributed by atoms with Crippen LogP contribution in [0.15, 0.2) is 6.07 Å². The minimum Gasteiger partial charge on any atom is -0.454 e. The van der Waals surface area contributed by atoms with Crippen LogP contribution < -0.4 is 15.2 Å². The van der Waals surface area contributed by atoms with E-state index in [2.05, 4.69) is 0 Å². The molecule has 0 amide bonds. The molecule has 0 saturated heterocycles. The van der Waals surface area contributed by atoms with Crippen LogP contribution in [0, 0.1) is 6.92 Å². The summed E-state index contributed by atoms with van der Waals surface area (Å²) in [7, 11) is 0. The fraction of sp³-hybridized carbons (Fsp3) is 0.571. The van der Waals surface area contributed by atoms with Crippen LogP contribution in [0.4, 0.5) is 0 Å². The Labute approximate surface area is 112 Å². The zero-order valence-electron chi connectivity index (χ0n) is 10.6. The van der Waals surface area contributed by atoms with Gasteiger partial charge in [-0.15, -0.1) is 0 Å². The molecule has 0 bridgehead atoms. The lowest BCUT2D eigenvalue weighted by molar-refractivity contribution is 0.173. The van der Waals surface area contributed by atoms with E-state index in [-0.39, 0.29) is 12.2 Å². The largest absolute Gasteiger partial charge is 0.454 e. The van der Waals surface area contributed by atoms with Crippen molar-refractivity contribution in [3.8, 4) is 11.5 Å². The highest BCUT2D eigenvalue weighted by molar-refractivity contribution is 6.32. The summed E-state index contributed by atoms with van der Waals surface area (Å²) in [6.07, 6.45) is 4.67. The van der Waals surface area contributed by atoms with Gasteiger partial charge in [0.05, 0.1) is 5.02 Å². The first-order valence-corrected chi connectivity index (χ1v) is 6.85. The highest BCUT2D eigenvalue weighted by atomic mass is 35.5. The molecule has 0 spiro atoms. The maximum Gasteiger partial charge on any atom is 0.231 e. The van der Waals surface area contributed by atoms with Crippen molar-refractivity contribution in [2.45, 2.75) is 38.0 Å². The molecule has 0 unspecified atom stereocenters. The quantitative estimate of drug-likeness (QED) is 0.895. The van der Waals surface area contributed by atoms with E-state index in [4.69, 9.17) is 26.8 Å². The number of nitrogens with two attached hydrogens (primary N) is 1. The van der Waals surface area contributed by atoms with Crippen molar-refractivity contribution in [1.29, 1.82) is 0 Å². The van der Waals surface area contributed by atoms with Crippen LogP contribution in [0.5, 0.6) is 11.5 Å². The normalized spacial score (nSPS) is 20.4. The molecule has 2 N–H and O–H groups in total. The smallest absolute Gasteiger partial charge is 0.231 e. The van der Waals surface area contributed by atoms with Crippen LogP contribution >= 0.6 is 11.6 Å². The highest BCUT2D eigenvalue weighted by Gasteiger charge is 2.38. The SMILES string of the molecule is Cc1c(Cl)c(C2(CN)CCCC2)cc2c1OCO2. The second-order valence-corrected chi connectivity index (χ2v) is 5.67. The summed E-state index contributed by atoms with van der Waals surface area (Å²) >= 11 is 6.53. The molecule has 0 aromatic heterocycles. The van der Waals surface area contributed by atoms with E-state index in [1.165, 1.54) is 12.8 Å². The van der Waals surface area contributed by atoms with Gasteiger partial charge in [-0.1, -0.05) is 24.4 Å². The van der Waals surface area contributed by atoms with E-state index < -0.39 is 0 Å². The standard InChI is InChI=1S/C14H18ClNO2/c1-9-12(15)10(6-11-13(9)18-8-17-11)14(7-16)4-2-3-5-14/h6H,2-5,7-8,16H2,1H3. The van der Waals surface area contributed by atoms with Gasteiger partial charge in [-0.2, -0.15) is 0 Å². The van der Waals surface area contributed by atoms with Crippen LogP contribution in [-0.4, -0.2) is 13.3 Å². The summed E-state index contributed by atoms with van der Waals surface area (Å²) in [5.41, 5.74) is 8.18. The molecular weight excluding hydrogens is 250 g/mol. The van der Waals surface area contributed by atoms with Crippen molar-refractivity contribution in [3.05, 3.63) is 22.2 Å². The second-order valence-electron chi connectivity index (χ2n) is 5.29. The predicted molar refractivity (Wildman–Crippen MR) is 71.5 cm³/mol. The van der Waals surface area contributed by atoms with Crippen LogP contribution in [0.2, 0.25) is 5.02 Å². The minimum atomic E-state index is 0.0306. The Morgan fingerprint density at radius 3 is 2.72 bits per heavy atom. The molecule has 1 aliphatic heterocycles. The van der Waals surface area contributed by atoms with Crippen LogP contribution in [0.25, 0.3) is 0 Å². The molecule has 0 atom stereocenters. The zero-order chi connectivity index (χ0) is 12.8. The number of hydrogen-bond acceptors (Lipinski definition) is 3. The lowest BCUT2D eigenvalue weighted by Crippen LogP contribution is -2.32. The molecule has 2 aliphatic rings. The fourth-order valence-corrected chi connectivity index (χ4v) is 3.55. The number of ether oxygens (including phenoxy) is 2. The van der Waals surface area contributed by atoms with Crippen molar-refractivity contribution in [2.75, 3.05) is 13.3 Å². The van der Waals surface area contributed by atoms with Gasteiger partial charge in [0.25, 0.3) is 0 Å². The van der Waals surface area contributed by atoms with E-state index in [0.29, 0.717) is 6.54 Å². The summed E-state index contributed by atoms with van der Waals surface area (Å²) < 4.78 is 11.0. The van der Waals surface area contributed by atoms with Gasteiger partial charge in [0, 0.05) is 17.5 Å². The molecule has 1 fully saturated rings. The number of fused-ring (bicyclic) bond motifs is 1. The average molecular weight is 268 g/mol. The Bertz CT molecular complexity index is 481. The Balaban J connectivity index is 2.15. The Hall–Kier alpha value is -0.930. The van der Waals surface area contributed by atoms with E-state index in [0.717, 1.165) is 40.5 Å². The summed E-state index contributed by atoms with van der Waals surface area (Å²) in [6.45, 7) is 2.91. The number of hydrogen-bond donors (Lipinski definition) is 1. The Kier molecular flexibility index (Phi) is 2.91. The monoisotopic (exact) mass is 267 g/mol. The first-order chi connectivity index (χ1) is 8.68. The molecule has 1 aromatic carbocycles. The predicted octanol–water partition coefficient (Wildman–Crippen LogP) is 3.15. The lowest BCUT2D eigenvalue weighted by Gasteiger charge is -2.29. The Morgan fingerprint density at radius 1 is 1.33 bits per heavy atom. The molecule has 4 heteroatoms. The molecule has 3 nitrogen and oxygen atoms in total. The van der Waals surface area contributed by atoms with Gasteiger partial charge < -0.3 is 15.2 Å². The molecule has 3 rings (SSSR count). The van der Waals surface area contributed by atoms with Gasteiger partial charge in [0.15, 0.2) is 11.5 Å². The van der Waals surface area contributed by atoms with Crippen LogP contribution in [0.3, 0.4) is 0 Å². The van der Waals surface area contributed by atoms with Gasteiger partial charge in [0.2, 0.25) is 6.79 Å². The van der Waals surface area contributed by atoms with Gasteiger partial charge in [-0.25, -0.2) is 0 Å². The summed E-state index contributed by atoms with van der Waals surface area (Å²) in [5.74, 6) is 1.60. The number of rotatable bonds is 2. The van der Waals surface area contributed by atoms with Crippen molar-refractivity contribution in [1.82, 2.24) is 0 Å². The highest BCUT2D eigenvalue weighted by Crippen LogP contribution is 2.49. The molecule has 0 radical (unpaired) electrons. The van der Waals surface area contributed by atoms with Gasteiger partial charge in [0.1, 0.15) is 0 Å². The molecule has 1 aromatic rings. The first-order valence-electron chi connectivity index (χ1n) is 6.47. The summed E-state index contributed by atoms with van der Waals surface area (Å²) in [5, 5.41) is 0.798. The van der Waals surface area contributed by atoms with Crippen molar-refractivity contribution < 1.29 is 9.47 Å². The van der Waals surface area contributed by atoms with E-state index in [1.807, 2.05) is 13.0 Å². The van der Waals surface area contributed by atoms with E-state index in [9.17, 15) is 0 Å². The van der Waals surface area contributed by atoms with Crippen LogP contribution in [-0.2, 0) is 5.41 Å². The van der Waals surface area contributed by atoms with Gasteiger partial charge in [-0.3, -0.25) is 0 Å². The number of halogens is 1. The van der Waals surface area contributed by atoms with Crippen molar-refractivity contribution >= 4 is 11.6 Å². The topological polar surface area (TPSA) is 44.5 Å². The fourth-order valence-electron chi connectivity index (χ4n) is 3.21. The van der Waals surface area contributed by atoms with Crippen molar-refractivity contribution in [2.24, 2.45) is 5.73 Å². The zero-order valence-corrected chi connectivity index (χ0v) is 11.3. The van der Waals surface area contributed by atoms with Crippen LogP contribution in [0.1, 0.15) is 36.8 Å². The third kappa shape index (κ3) is 1.61. The second kappa shape index (κ2) is 4.32. The lowest BCUT2D eigenvalue weighted by atomic mass is 9.78. The molecule has 1 saturated carbocycles. The molecule has 1 heterocycles. The third-order valence-electron chi connectivity index (χ3n) is 4.35. The van der Waals surface area contributed by atoms with E-state index >= 15 is 0 Å². The Morgan fingerprint density at radius 2 is 2.06 bits per heavy atom. The minimum absolute atomic E-state index is 0.0306. The van der Waals surface area contributed by atoms with E-state index in [1.54, 1.807) is 0 Å². The number of benzene rings is 1. The molecule has 1 aliphatic carbocycles. The molecular formula is C14H18ClNO2. The molecule has 18 heavy (non-hydrogen) atoms. The van der Waals surface area contributed by atoms with Crippen molar-refractivity contribution in [3.63, 3.8) is 0 Å². The maximum atomic E-state index is 6.53. The first kappa shape index (κ1) is 12.1. The van der Waals surface area contributed by atoms with Gasteiger partial charge >= 0.3 is 0 Å². The molecule has 98 valence electrons. The third-order valence-corrected chi connectivity index (χ3v) is 4.83. The summed E-state index contributed by atoms with van der Waals surface area (Å²) in [4.78, 5) is 0. The maximum absolute atomic E-state index is 6.53. The van der Waals surface area contributed by atoms with Gasteiger partial charge in [-0.05, 0) is 31.4 Å². The average Bonchev–Trinajstić information content (AvgIpc) is 3.02.